The summed E-state index contributed by atoms with van der Waals surface area (Å²) in [5.41, 5.74) is 0. The van der Waals surface area contributed by atoms with Crippen LogP contribution in [0.1, 0.15) is 89.9 Å². The van der Waals surface area contributed by atoms with Crippen LogP contribution in [-0.2, 0) is 21.7 Å². The van der Waals surface area contributed by atoms with E-state index in [1.54, 1.807) is 0 Å². The molecular formula is C32H54ClN8Ti-. The van der Waals surface area contributed by atoms with E-state index in [0.717, 1.165) is 18.3 Å². The number of nitrogens with one attached hydrogen (secondary N) is 8. The van der Waals surface area contributed by atoms with E-state index >= 15 is 0 Å². The summed E-state index contributed by atoms with van der Waals surface area (Å²) in [6, 6.07) is 0. The molecule has 5 heterocycles. The van der Waals surface area contributed by atoms with Crippen molar-refractivity contribution in [3.05, 3.63) is 6.42 Å². The third-order valence-corrected chi connectivity index (χ3v) is 14.1. The molecule has 0 spiro atoms. The predicted octanol–water partition coefficient (Wildman–Crippen LogP) is 2.63. The molecule has 17 unspecified atom stereocenters. The van der Waals surface area contributed by atoms with Gasteiger partial charge < -0.3 is 6.42 Å². The summed E-state index contributed by atoms with van der Waals surface area (Å²) in [5, 5.41) is 33.6. The van der Waals surface area contributed by atoms with Crippen LogP contribution < -0.4 is 42.5 Å². The Morgan fingerprint density at radius 3 is 1.00 bits per heavy atom. The van der Waals surface area contributed by atoms with Gasteiger partial charge in [0.2, 0.25) is 0 Å². The molecule has 8 nitrogen and oxygen atoms in total. The fourth-order valence-electron chi connectivity index (χ4n) is 11.8. The average Bonchev–Trinajstić information content (AvgIpc) is 3.73. The van der Waals surface area contributed by atoms with Gasteiger partial charge in [0, 0.05) is 21.7 Å². The van der Waals surface area contributed by atoms with Gasteiger partial charge in [-0.05, 0) is 85.9 Å². The van der Waals surface area contributed by atoms with Crippen molar-refractivity contribution in [1.29, 1.82) is 0 Å². The van der Waals surface area contributed by atoms with Crippen molar-refractivity contribution >= 4 is 11.6 Å². The van der Waals surface area contributed by atoms with Gasteiger partial charge >= 0.3 is 0 Å². The average molecular weight is 634 g/mol. The second kappa shape index (κ2) is 12.4. The normalized spacial score (nSPS) is 56.9. The van der Waals surface area contributed by atoms with Gasteiger partial charge in [-0.15, -0.1) is 0 Å². The van der Waals surface area contributed by atoms with Crippen molar-refractivity contribution in [3.8, 4) is 0 Å². The van der Waals surface area contributed by atoms with Crippen LogP contribution in [-0.4, -0.2) is 54.7 Å². The minimum atomic E-state index is 0. The Balaban J connectivity index is 0.00000267. The van der Waals surface area contributed by atoms with E-state index in [1.807, 2.05) is 0 Å². The van der Waals surface area contributed by atoms with Crippen LogP contribution in [0.3, 0.4) is 0 Å². The molecule has 8 N–H and O–H groups in total. The summed E-state index contributed by atoms with van der Waals surface area (Å²) in [7, 11) is 0. The molecule has 8 bridgehead atoms. The number of hydrogen-bond acceptors (Lipinski definition) is 8. The van der Waals surface area contributed by atoms with Gasteiger partial charge in [0.15, 0.2) is 0 Å². The fourth-order valence-corrected chi connectivity index (χ4v) is 12.2. The monoisotopic (exact) mass is 633 g/mol. The van der Waals surface area contributed by atoms with Crippen LogP contribution >= 0.6 is 11.6 Å². The van der Waals surface area contributed by atoms with E-state index in [4.69, 9.17) is 11.6 Å². The van der Waals surface area contributed by atoms with Gasteiger partial charge in [-0.2, -0.15) is 18.0 Å². The van der Waals surface area contributed by atoms with Crippen molar-refractivity contribution in [2.75, 3.05) is 0 Å². The second-order valence-corrected chi connectivity index (χ2v) is 16.0. The summed E-state index contributed by atoms with van der Waals surface area (Å²) in [6.45, 7) is 0. The van der Waals surface area contributed by atoms with Crippen molar-refractivity contribution in [2.24, 2.45) is 47.3 Å². The van der Waals surface area contributed by atoms with Gasteiger partial charge in [-0.1, -0.05) is 50.3 Å². The maximum Gasteiger partial charge on any atom is 0.0628 e. The minimum Gasteiger partial charge on any atom is -0.311 e. The molecule has 5 aliphatic heterocycles. The van der Waals surface area contributed by atoms with Crippen LogP contribution in [0.4, 0.5) is 0 Å². The maximum atomic E-state index is 7.14. The standard InChI is InChI=1S/C32H54ClN8.Ti/c33-23-15-7-14-22-24(23)32-40-30-21-13-6-5-12-20(21)28(38-30)36-26-17-9-2-1-8-16(17)25(34-26)35-27-18-10-3-4-11-19(18)29(37-27)39-31(22)41-32;/h15-32,34-41H,1-14H2;/q-1;. The molecule has 234 valence electrons. The molecule has 17 atom stereocenters. The Morgan fingerprint density at radius 1 is 0.381 bits per heavy atom. The molecule has 0 aromatic heterocycles. The molecule has 42 heavy (non-hydrogen) atoms. The summed E-state index contributed by atoms with van der Waals surface area (Å²) < 4.78 is 0. The quantitative estimate of drug-likeness (QED) is 0.117. The summed E-state index contributed by atoms with van der Waals surface area (Å²) in [4.78, 5) is 0. The first-order valence-electron chi connectivity index (χ1n) is 17.8. The number of halogens is 1. The van der Waals surface area contributed by atoms with E-state index < -0.39 is 0 Å². The van der Waals surface area contributed by atoms with Crippen LogP contribution in [0.5, 0.6) is 0 Å². The zero-order chi connectivity index (χ0) is 27.1. The molecule has 5 saturated heterocycles. The first-order valence-corrected chi connectivity index (χ1v) is 18.2. The molecule has 10 heteroatoms. The Bertz CT molecular complexity index is 959. The van der Waals surface area contributed by atoms with Crippen molar-refractivity contribution < 1.29 is 21.7 Å². The van der Waals surface area contributed by atoms with E-state index in [0.29, 0.717) is 78.7 Å². The van der Waals surface area contributed by atoms with Gasteiger partial charge in [0.05, 0.1) is 49.3 Å². The molecule has 0 aromatic carbocycles. The molecular weight excluding hydrogens is 580 g/mol. The molecule has 9 aliphatic rings. The molecule has 0 amide bonds. The first-order chi connectivity index (χ1) is 20.2. The summed E-state index contributed by atoms with van der Waals surface area (Å²) in [5.74, 6) is 5.22. The van der Waals surface area contributed by atoms with E-state index in [2.05, 4.69) is 49.0 Å². The fraction of sp³-hybridized carbons (Fsp3) is 0.969. The van der Waals surface area contributed by atoms with Crippen LogP contribution in [0.25, 0.3) is 0 Å². The molecule has 9 rings (SSSR count). The van der Waals surface area contributed by atoms with Crippen LogP contribution in [0.2, 0.25) is 0 Å². The van der Waals surface area contributed by atoms with Gasteiger partial charge in [-0.3, -0.25) is 42.5 Å². The van der Waals surface area contributed by atoms with Gasteiger partial charge in [-0.25, -0.2) is 0 Å². The van der Waals surface area contributed by atoms with Gasteiger partial charge in [0.25, 0.3) is 0 Å². The summed E-state index contributed by atoms with van der Waals surface area (Å²) >= 11 is 7.14. The number of alkyl halides is 1. The number of rotatable bonds is 0. The molecule has 0 aromatic rings. The van der Waals surface area contributed by atoms with E-state index in [-0.39, 0.29) is 33.3 Å². The summed E-state index contributed by atoms with van der Waals surface area (Å²) in [6.07, 6.45) is 23.8. The third-order valence-electron chi connectivity index (χ3n) is 13.6. The maximum absolute atomic E-state index is 7.14. The molecule has 4 saturated carbocycles. The zero-order valence-electron chi connectivity index (χ0n) is 25.2. The van der Waals surface area contributed by atoms with Crippen molar-refractivity contribution in [1.82, 2.24) is 42.5 Å². The smallest absolute Gasteiger partial charge is 0.0628 e. The van der Waals surface area contributed by atoms with E-state index in [1.165, 1.54) is 83.5 Å². The Morgan fingerprint density at radius 2 is 0.667 bits per heavy atom. The minimum absolute atomic E-state index is 0. The number of fused-ring (bicyclic) bond motifs is 20. The SMILES string of the molecule is ClC1[CH-]CCC2C3NC4NC(NC5NC(NC6NC(NC(N3)C12)C1CCCCC61)C1CCCCC51)C1CCCCC41.[Ti]. The number of hydrogen-bond donors (Lipinski definition) is 8. The first kappa shape index (κ1) is 30.0. The van der Waals surface area contributed by atoms with Gasteiger partial charge in [0.1, 0.15) is 0 Å². The topological polar surface area (TPSA) is 96.2 Å². The Kier molecular flexibility index (Phi) is 8.85. The van der Waals surface area contributed by atoms with Crippen molar-refractivity contribution in [2.45, 2.75) is 145 Å². The molecule has 9 fully saturated rings. The van der Waals surface area contributed by atoms with E-state index in [9.17, 15) is 0 Å². The Hall–Kier alpha value is 0.684. The zero-order valence-corrected chi connectivity index (χ0v) is 27.5. The van der Waals surface area contributed by atoms with Crippen molar-refractivity contribution in [3.63, 3.8) is 0 Å². The predicted molar refractivity (Wildman–Crippen MR) is 162 cm³/mol. The largest absolute Gasteiger partial charge is 0.311 e. The van der Waals surface area contributed by atoms with Crippen LogP contribution in [0, 0.1) is 53.8 Å². The molecule has 4 aliphatic carbocycles. The third kappa shape index (κ3) is 5.14. The second-order valence-electron chi connectivity index (χ2n) is 15.5. The van der Waals surface area contributed by atoms with Crippen LogP contribution in [0.15, 0.2) is 0 Å². The Labute approximate surface area is 273 Å². The molecule has 0 radical (unpaired) electrons.